The van der Waals surface area contributed by atoms with Crippen LogP contribution in [0.4, 0.5) is 0 Å². The summed E-state index contributed by atoms with van der Waals surface area (Å²) in [6, 6.07) is -0.359. The van der Waals surface area contributed by atoms with Crippen molar-refractivity contribution in [2.75, 3.05) is 27.2 Å². The molecule has 0 aromatic heterocycles. The summed E-state index contributed by atoms with van der Waals surface area (Å²) >= 11 is 0. The van der Waals surface area contributed by atoms with Gasteiger partial charge in [-0.1, -0.05) is 76.9 Å². The number of hydrogen-bond donors (Lipinski definition) is 2. The van der Waals surface area contributed by atoms with Crippen LogP contribution in [-0.2, 0) is 4.79 Å². The summed E-state index contributed by atoms with van der Waals surface area (Å²) in [7, 11) is 3.66. The summed E-state index contributed by atoms with van der Waals surface area (Å²) < 4.78 is 0. The second-order valence-electron chi connectivity index (χ2n) is 8.65. The largest absolute Gasteiger partial charge is 0.480 e. The summed E-state index contributed by atoms with van der Waals surface area (Å²) in [5, 5.41) is 12.6. The first-order chi connectivity index (χ1) is 14.1. The zero-order valence-corrected chi connectivity index (χ0v) is 19.8. The van der Waals surface area contributed by atoms with Crippen molar-refractivity contribution in [3.63, 3.8) is 0 Å². The van der Waals surface area contributed by atoms with Crippen LogP contribution >= 0.6 is 0 Å². The molecule has 0 radical (unpaired) electrons. The van der Waals surface area contributed by atoms with Crippen molar-refractivity contribution in [2.45, 2.75) is 116 Å². The molecule has 0 heterocycles. The molecule has 4 heteroatoms. The number of rotatable bonds is 22. The van der Waals surface area contributed by atoms with Gasteiger partial charge in [-0.05, 0) is 72.1 Å². The molecule has 1 atom stereocenters. The van der Waals surface area contributed by atoms with Gasteiger partial charge in [-0.3, -0.25) is 9.69 Å². The molecule has 0 aliphatic carbocycles. The first-order valence-corrected chi connectivity index (χ1v) is 12.3. The molecule has 1 unspecified atom stereocenters. The van der Waals surface area contributed by atoms with Crippen molar-refractivity contribution in [1.82, 2.24) is 10.2 Å². The Labute approximate surface area is 181 Å². The monoisotopic (exact) mass is 410 g/mol. The zero-order valence-electron chi connectivity index (χ0n) is 19.8. The second kappa shape index (κ2) is 21.8. The van der Waals surface area contributed by atoms with Gasteiger partial charge in [0.05, 0.1) is 0 Å². The molecular formula is C25H50N2O2. The van der Waals surface area contributed by atoms with Crippen LogP contribution in [0.5, 0.6) is 0 Å². The van der Waals surface area contributed by atoms with E-state index in [0.717, 1.165) is 19.5 Å². The van der Waals surface area contributed by atoms with Gasteiger partial charge in [-0.15, -0.1) is 0 Å². The van der Waals surface area contributed by atoms with E-state index < -0.39 is 5.97 Å². The Balaban J connectivity index is 3.24. The lowest BCUT2D eigenvalue weighted by atomic mass is 10.1. The molecular weight excluding hydrogens is 360 g/mol. The predicted octanol–water partition coefficient (Wildman–Crippen LogP) is 6.41. The Morgan fingerprint density at radius 1 is 0.793 bits per heavy atom. The lowest BCUT2D eigenvalue weighted by Gasteiger charge is -2.19. The van der Waals surface area contributed by atoms with Gasteiger partial charge in [0, 0.05) is 0 Å². The van der Waals surface area contributed by atoms with E-state index in [-0.39, 0.29) is 6.04 Å². The van der Waals surface area contributed by atoms with E-state index in [2.05, 4.69) is 24.4 Å². The van der Waals surface area contributed by atoms with Gasteiger partial charge in [-0.25, -0.2) is 0 Å². The van der Waals surface area contributed by atoms with Gasteiger partial charge in [0.25, 0.3) is 0 Å². The standard InChI is InChI=1S/C25H50N2O2/c1-4-5-6-7-8-9-10-11-12-13-14-15-16-17-18-19-22-26-23-20-21-24(25(28)29)27(2)3/h11-12,24,26H,4-10,13-23H2,1-3H3,(H,28,29)/b12-11-. The Hall–Kier alpha value is -0.870. The summed E-state index contributed by atoms with van der Waals surface area (Å²) in [6.07, 6.45) is 25.2. The first kappa shape index (κ1) is 28.1. The summed E-state index contributed by atoms with van der Waals surface area (Å²) in [4.78, 5) is 12.9. The molecule has 0 bridgehead atoms. The van der Waals surface area contributed by atoms with Crippen molar-refractivity contribution >= 4 is 5.97 Å². The predicted molar refractivity (Wildman–Crippen MR) is 127 cm³/mol. The SMILES string of the molecule is CCCCCCCC/C=C\CCCCCCCCNCCCC(C(=O)O)N(C)C. The van der Waals surface area contributed by atoms with E-state index in [4.69, 9.17) is 5.11 Å². The summed E-state index contributed by atoms with van der Waals surface area (Å²) in [6.45, 7) is 4.25. The maximum atomic E-state index is 11.1. The van der Waals surface area contributed by atoms with E-state index in [0.29, 0.717) is 6.42 Å². The molecule has 2 N–H and O–H groups in total. The number of carboxylic acids is 1. The van der Waals surface area contributed by atoms with Gasteiger partial charge >= 0.3 is 5.97 Å². The molecule has 0 aliphatic heterocycles. The maximum Gasteiger partial charge on any atom is 0.320 e. The fourth-order valence-electron chi connectivity index (χ4n) is 3.65. The average molecular weight is 411 g/mol. The minimum Gasteiger partial charge on any atom is -0.480 e. The third kappa shape index (κ3) is 20.2. The third-order valence-corrected chi connectivity index (χ3v) is 5.60. The highest BCUT2D eigenvalue weighted by Gasteiger charge is 2.18. The quantitative estimate of drug-likeness (QED) is 0.160. The fourth-order valence-corrected chi connectivity index (χ4v) is 3.65. The molecule has 0 spiro atoms. The Morgan fingerprint density at radius 2 is 1.28 bits per heavy atom. The van der Waals surface area contributed by atoms with E-state index in [1.165, 1.54) is 89.9 Å². The Kier molecular flexibility index (Phi) is 21.2. The number of likely N-dealkylation sites (N-methyl/N-ethyl adjacent to an activating group) is 1. The molecule has 0 saturated heterocycles. The Morgan fingerprint density at radius 3 is 1.79 bits per heavy atom. The van der Waals surface area contributed by atoms with Crippen molar-refractivity contribution < 1.29 is 9.90 Å². The molecule has 0 saturated carbocycles. The van der Waals surface area contributed by atoms with Crippen molar-refractivity contribution in [3.05, 3.63) is 12.2 Å². The minimum atomic E-state index is -0.719. The lowest BCUT2D eigenvalue weighted by molar-refractivity contribution is -0.142. The highest BCUT2D eigenvalue weighted by atomic mass is 16.4. The molecule has 29 heavy (non-hydrogen) atoms. The zero-order chi connectivity index (χ0) is 21.6. The van der Waals surface area contributed by atoms with Crippen molar-refractivity contribution in [1.29, 1.82) is 0 Å². The van der Waals surface area contributed by atoms with Gasteiger partial charge in [0.15, 0.2) is 0 Å². The number of nitrogens with one attached hydrogen (secondary N) is 1. The number of aliphatic carboxylic acids is 1. The number of carbonyl (C=O) groups is 1. The second-order valence-corrected chi connectivity index (χ2v) is 8.65. The van der Waals surface area contributed by atoms with E-state index >= 15 is 0 Å². The number of allylic oxidation sites excluding steroid dienone is 2. The molecule has 4 nitrogen and oxygen atoms in total. The highest BCUT2D eigenvalue weighted by molar-refractivity contribution is 5.73. The number of carboxylic acid groups (broad SMARTS) is 1. The van der Waals surface area contributed by atoms with Crippen LogP contribution in [0.1, 0.15) is 110 Å². The van der Waals surface area contributed by atoms with Crippen LogP contribution in [0.3, 0.4) is 0 Å². The molecule has 0 rings (SSSR count). The van der Waals surface area contributed by atoms with Gasteiger partial charge in [0.1, 0.15) is 6.04 Å². The van der Waals surface area contributed by atoms with E-state index in [1.54, 1.807) is 4.90 Å². The molecule has 0 fully saturated rings. The molecule has 0 aliphatic rings. The van der Waals surface area contributed by atoms with Gasteiger partial charge < -0.3 is 10.4 Å². The van der Waals surface area contributed by atoms with E-state index in [1.807, 2.05) is 14.1 Å². The van der Waals surface area contributed by atoms with Crippen LogP contribution in [0, 0.1) is 0 Å². The van der Waals surface area contributed by atoms with Crippen LogP contribution in [0.15, 0.2) is 12.2 Å². The molecule has 0 aromatic rings. The molecule has 0 aromatic carbocycles. The number of unbranched alkanes of at least 4 members (excludes halogenated alkanes) is 12. The van der Waals surface area contributed by atoms with Crippen LogP contribution < -0.4 is 5.32 Å². The topological polar surface area (TPSA) is 52.6 Å². The highest BCUT2D eigenvalue weighted by Crippen LogP contribution is 2.10. The van der Waals surface area contributed by atoms with Crippen LogP contribution in [0.25, 0.3) is 0 Å². The number of hydrogen-bond acceptors (Lipinski definition) is 3. The smallest absolute Gasteiger partial charge is 0.320 e. The molecule has 172 valence electrons. The van der Waals surface area contributed by atoms with E-state index in [9.17, 15) is 4.79 Å². The van der Waals surface area contributed by atoms with Gasteiger partial charge in [0.2, 0.25) is 0 Å². The normalized spacial score (nSPS) is 12.8. The maximum absolute atomic E-state index is 11.1. The average Bonchev–Trinajstić information content (AvgIpc) is 2.68. The van der Waals surface area contributed by atoms with Crippen LogP contribution in [0.2, 0.25) is 0 Å². The van der Waals surface area contributed by atoms with Crippen LogP contribution in [-0.4, -0.2) is 49.2 Å². The molecule has 0 amide bonds. The third-order valence-electron chi connectivity index (χ3n) is 5.60. The summed E-state index contributed by atoms with van der Waals surface area (Å²) in [5.74, 6) is -0.719. The minimum absolute atomic E-state index is 0.359. The van der Waals surface area contributed by atoms with Crippen molar-refractivity contribution in [2.24, 2.45) is 0 Å². The Bertz CT molecular complexity index is 383. The first-order valence-electron chi connectivity index (χ1n) is 12.3. The van der Waals surface area contributed by atoms with Gasteiger partial charge in [-0.2, -0.15) is 0 Å². The summed E-state index contributed by atoms with van der Waals surface area (Å²) in [5.41, 5.74) is 0. The lowest BCUT2D eigenvalue weighted by Crippen LogP contribution is -2.36. The fraction of sp³-hybridized carbons (Fsp3) is 0.880. The number of nitrogens with zero attached hydrogens (tertiary/aromatic N) is 1. The van der Waals surface area contributed by atoms with Crippen molar-refractivity contribution in [3.8, 4) is 0 Å².